The number of ether oxygens (including phenoxy) is 1. The van der Waals surface area contributed by atoms with E-state index in [1.54, 1.807) is 24.3 Å². The fraction of sp³-hybridized carbons (Fsp3) is 0.462. The highest BCUT2D eigenvalue weighted by atomic mass is 32.2. The predicted molar refractivity (Wildman–Crippen MR) is 82.2 cm³/mol. The molecule has 0 fully saturated rings. The number of hydrogen-bond acceptors (Lipinski definition) is 5. The van der Waals surface area contributed by atoms with Gasteiger partial charge in [-0.3, -0.25) is 4.72 Å². The molecule has 0 aliphatic heterocycles. The molecule has 118 valence electrons. The molecule has 0 saturated heterocycles. The van der Waals surface area contributed by atoms with E-state index in [0.29, 0.717) is 23.8 Å². The molecule has 0 spiro atoms. The molecule has 0 aromatic heterocycles. The monoisotopic (exact) mass is 315 g/mol. The molecule has 1 aromatic rings. The van der Waals surface area contributed by atoms with E-state index in [2.05, 4.69) is 9.88 Å². The van der Waals surface area contributed by atoms with Gasteiger partial charge in [0.25, 0.3) is 0 Å². The highest BCUT2D eigenvalue weighted by molar-refractivity contribution is 7.92. The molecule has 7 nitrogen and oxygen atoms in total. The van der Waals surface area contributed by atoms with E-state index < -0.39 is 10.0 Å². The Morgan fingerprint density at radius 3 is 2.71 bits per heavy atom. The van der Waals surface area contributed by atoms with Crippen LogP contribution in [0, 0.1) is 5.92 Å². The lowest BCUT2D eigenvalue weighted by atomic mass is 10.2. The molecule has 0 amide bonds. The Bertz CT molecular complexity index is 585. The maximum Gasteiger partial charge on any atom is 0.232 e. The SMILES string of the molecule is CC(C)CCS(=O)(=O)Nc1ccccc1OCC(N)=NO. The smallest absolute Gasteiger partial charge is 0.232 e. The third kappa shape index (κ3) is 6.35. The van der Waals surface area contributed by atoms with Crippen molar-refractivity contribution in [2.24, 2.45) is 16.8 Å². The van der Waals surface area contributed by atoms with Gasteiger partial charge in [-0.2, -0.15) is 0 Å². The van der Waals surface area contributed by atoms with E-state index in [1.165, 1.54) is 0 Å². The average molecular weight is 315 g/mol. The summed E-state index contributed by atoms with van der Waals surface area (Å²) in [6.07, 6.45) is 0.572. The molecule has 0 unspecified atom stereocenters. The van der Waals surface area contributed by atoms with Crippen molar-refractivity contribution in [1.82, 2.24) is 0 Å². The van der Waals surface area contributed by atoms with Gasteiger partial charge < -0.3 is 15.7 Å². The molecule has 0 saturated carbocycles. The molecule has 0 aliphatic rings. The third-order valence-electron chi connectivity index (χ3n) is 2.62. The molecule has 21 heavy (non-hydrogen) atoms. The number of nitrogens with two attached hydrogens (primary N) is 1. The Balaban J connectivity index is 2.79. The lowest BCUT2D eigenvalue weighted by molar-refractivity contribution is 0.306. The van der Waals surface area contributed by atoms with Gasteiger partial charge in [-0.25, -0.2) is 8.42 Å². The number of nitrogens with zero attached hydrogens (tertiary/aromatic N) is 1. The van der Waals surface area contributed by atoms with E-state index in [-0.39, 0.29) is 18.2 Å². The standard InChI is InChI=1S/C13H21N3O4S/c1-10(2)7-8-21(18,19)16-11-5-3-4-6-12(11)20-9-13(14)15-17/h3-6,10,16-17H,7-9H2,1-2H3,(H2,14,15). The van der Waals surface area contributed by atoms with Crippen LogP contribution in [0.25, 0.3) is 0 Å². The fourth-order valence-corrected chi connectivity index (χ4v) is 2.85. The lowest BCUT2D eigenvalue weighted by Crippen LogP contribution is -2.22. The normalized spacial score (nSPS) is 12.4. The van der Waals surface area contributed by atoms with E-state index in [0.717, 1.165) is 0 Å². The minimum absolute atomic E-state index is 0.0409. The van der Waals surface area contributed by atoms with Crippen molar-refractivity contribution in [3.63, 3.8) is 0 Å². The van der Waals surface area contributed by atoms with Crippen LogP contribution >= 0.6 is 0 Å². The van der Waals surface area contributed by atoms with Crippen LogP contribution < -0.4 is 15.2 Å². The minimum Gasteiger partial charge on any atom is -0.483 e. The molecule has 0 bridgehead atoms. The first-order valence-corrected chi connectivity index (χ1v) is 8.18. The number of sulfonamides is 1. The largest absolute Gasteiger partial charge is 0.483 e. The zero-order chi connectivity index (χ0) is 15.9. The third-order valence-corrected chi connectivity index (χ3v) is 3.92. The quantitative estimate of drug-likeness (QED) is 0.292. The van der Waals surface area contributed by atoms with Gasteiger partial charge in [-0.05, 0) is 24.5 Å². The van der Waals surface area contributed by atoms with Crippen molar-refractivity contribution < 1.29 is 18.4 Å². The van der Waals surface area contributed by atoms with Crippen LogP contribution in [0.15, 0.2) is 29.4 Å². The predicted octanol–water partition coefficient (Wildman–Crippen LogP) is 1.60. The van der Waals surface area contributed by atoms with E-state index in [9.17, 15) is 8.42 Å². The molecule has 0 aliphatic carbocycles. The van der Waals surface area contributed by atoms with Crippen LogP contribution in [0.2, 0.25) is 0 Å². The van der Waals surface area contributed by atoms with Gasteiger partial charge in [-0.1, -0.05) is 31.1 Å². The van der Waals surface area contributed by atoms with Crippen molar-refractivity contribution in [1.29, 1.82) is 0 Å². The second-order valence-corrected chi connectivity index (χ2v) is 6.82. The number of rotatable bonds is 8. The number of para-hydroxylation sites is 2. The number of hydrogen-bond donors (Lipinski definition) is 3. The Kier molecular flexibility index (Phi) is 6.29. The number of oxime groups is 1. The van der Waals surface area contributed by atoms with Gasteiger partial charge in [0.15, 0.2) is 5.84 Å². The van der Waals surface area contributed by atoms with E-state index in [1.807, 2.05) is 13.8 Å². The van der Waals surface area contributed by atoms with Crippen LogP contribution in [0.1, 0.15) is 20.3 Å². The second-order valence-electron chi connectivity index (χ2n) is 4.98. The maximum atomic E-state index is 12.0. The van der Waals surface area contributed by atoms with Crippen LogP contribution in [-0.2, 0) is 10.0 Å². The summed E-state index contributed by atoms with van der Waals surface area (Å²) >= 11 is 0. The molecule has 0 radical (unpaired) electrons. The Labute approximate surface area is 124 Å². The summed E-state index contributed by atoms with van der Waals surface area (Å²) in [5, 5.41) is 11.2. The van der Waals surface area contributed by atoms with Crippen molar-refractivity contribution in [3.8, 4) is 5.75 Å². The summed E-state index contributed by atoms with van der Waals surface area (Å²) in [6.45, 7) is 3.79. The van der Waals surface area contributed by atoms with Crippen LogP contribution in [0.3, 0.4) is 0 Å². The second kappa shape index (κ2) is 7.72. The number of anilines is 1. The molecule has 0 atom stereocenters. The average Bonchev–Trinajstić information content (AvgIpc) is 2.43. The van der Waals surface area contributed by atoms with Crippen LogP contribution in [-0.4, -0.2) is 31.8 Å². The van der Waals surface area contributed by atoms with Crippen molar-refractivity contribution in [2.45, 2.75) is 20.3 Å². The lowest BCUT2D eigenvalue weighted by Gasteiger charge is -2.13. The van der Waals surface area contributed by atoms with Gasteiger partial charge in [0.2, 0.25) is 10.0 Å². The van der Waals surface area contributed by atoms with Gasteiger partial charge in [0.05, 0.1) is 11.4 Å². The maximum absolute atomic E-state index is 12.0. The van der Waals surface area contributed by atoms with Crippen molar-refractivity contribution in [3.05, 3.63) is 24.3 Å². The molecule has 4 N–H and O–H groups in total. The molecule has 1 rings (SSSR count). The summed E-state index contributed by atoms with van der Waals surface area (Å²) in [4.78, 5) is 0. The Hall–Kier alpha value is -1.96. The first-order chi connectivity index (χ1) is 9.84. The van der Waals surface area contributed by atoms with Crippen molar-refractivity contribution >= 4 is 21.5 Å². The molecule has 8 heteroatoms. The topological polar surface area (TPSA) is 114 Å². The van der Waals surface area contributed by atoms with E-state index >= 15 is 0 Å². The van der Waals surface area contributed by atoms with Gasteiger partial charge >= 0.3 is 0 Å². The Morgan fingerprint density at radius 1 is 1.43 bits per heavy atom. The van der Waals surface area contributed by atoms with Gasteiger partial charge in [0, 0.05) is 0 Å². The first-order valence-electron chi connectivity index (χ1n) is 6.53. The molecule has 0 heterocycles. The molecule has 1 aromatic carbocycles. The number of benzene rings is 1. The van der Waals surface area contributed by atoms with Crippen LogP contribution in [0.4, 0.5) is 5.69 Å². The number of amidine groups is 1. The first kappa shape index (κ1) is 17.1. The summed E-state index contributed by atoms with van der Waals surface area (Å²) in [5.74, 6) is 0.553. The van der Waals surface area contributed by atoms with Crippen molar-refractivity contribution in [2.75, 3.05) is 17.1 Å². The fourth-order valence-electron chi connectivity index (χ4n) is 1.47. The zero-order valence-electron chi connectivity index (χ0n) is 12.1. The van der Waals surface area contributed by atoms with E-state index in [4.69, 9.17) is 15.7 Å². The Morgan fingerprint density at radius 2 is 2.10 bits per heavy atom. The summed E-state index contributed by atoms with van der Waals surface area (Å²) in [7, 11) is -3.44. The minimum atomic E-state index is -3.44. The summed E-state index contributed by atoms with van der Waals surface area (Å²) in [5.41, 5.74) is 5.64. The van der Waals surface area contributed by atoms with Gasteiger partial charge in [0.1, 0.15) is 12.4 Å². The molecular weight excluding hydrogens is 294 g/mol. The van der Waals surface area contributed by atoms with Gasteiger partial charge in [-0.15, -0.1) is 0 Å². The summed E-state index contributed by atoms with van der Waals surface area (Å²) in [6, 6.07) is 6.59. The number of nitrogens with one attached hydrogen (secondary N) is 1. The highest BCUT2D eigenvalue weighted by Gasteiger charge is 2.14. The highest BCUT2D eigenvalue weighted by Crippen LogP contribution is 2.25. The van der Waals surface area contributed by atoms with Crippen LogP contribution in [0.5, 0.6) is 5.75 Å². The zero-order valence-corrected chi connectivity index (χ0v) is 12.9. The molecular formula is C13H21N3O4S. The summed E-state index contributed by atoms with van der Waals surface area (Å²) < 4.78 is 31.8.